The molecule has 4 aromatic rings. The van der Waals surface area contributed by atoms with Crippen LogP contribution in [0.1, 0.15) is 12.5 Å². The lowest BCUT2D eigenvalue weighted by Gasteiger charge is -2.18. The van der Waals surface area contributed by atoms with Crippen LogP contribution in [0.3, 0.4) is 0 Å². The molecule has 3 aromatic carbocycles. The Morgan fingerprint density at radius 3 is 2.33 bits per heavy atom. The number of fused-ring (bicyclic) bond motifs is 1. The van der Waals surface area contributed by atoms with Crippen LogP contribution in [-0.2, 0) is 11.8 Å². The summed E-state index contributed by atoms with van der Waals surface area (Å²) >= 11 is 0.865. The molecule has 1 aromatic heterocycles. The predicted molar refractivity (Wildman–Crippen MR) is 146 cm³/mol. The fourth-order valence-electron chi connectivity index (χ4n) is 4.36. The molecule has 0 spiro atoms. The number of rotatable bonds is 7. The number of amides is 2. The van der Waals surface area contributed by atoms with Crippen molar-refractivity contribution < 1.29 is 27.8 Å². The number of pyridine rings is 1. The SMILES string of the molecule is C/C(=C1\SC(=O)NC1=O)c1ccc(OCCOc2c(-c3ccc(F)c(F)c3)n(C)c3ccccc3c2=O)cc1. The molecule has 1 fully saturated rings. The summed E-state index contributed by atoms with van der Waals surface area (Å²) in [6.07, 6.45) is 0. The number of benzene rings is 3. The van der Waals surface area contributed by atoms with Crippen molar-refractivity contribution in [2.45, 2.75) is 6.92 Å². The summed E-state index contributed by atoms with van der Waals surface area (Å²) in [7, 11) is 1.73. The third kappa shape index (κ3) is 5.15. The van der Waals surface area contributed by atoms with Gasteiger partial charge in [0.25, 0.3) is 11.1 Å². The molecule has 1 N–H and O–H groups in total. The number of thioether (sulfide) groups is 1. The Labute approximate surface area is 226 Å². The minimum Gasteiger partial charge on any atom is -0.490 e. The van der Waals surface area contributed by atoms with E-state index < -0.39 is 22.8 Å². The quantitative estimate of drug-likeness (QED) is 0.237. The van der Waals surface area contributed by atoms with E-state index in [-0.39, 0.29) is 24.4 Å². The van der Waals surface area contributed by atoms with Gasteiger partial charge in [0.05, 0.1) is 16.1 Å². The van der Waals surface area contributed by atoms with Crippen molar-refractivity contribution >= 4 is 39.4 Å². The van der Waals surface area contributed by atoms with Gasteiger partial charge < -0.3 is 14.0 Å². The monoisotopic (exact) mass is 548 g/mol. The minimum absolute atomic E-state index is 0.00490. The number of aromatic nitrogens is 1. The summed E-state index contributed by atoms with van der Waals surface area (Å²) in [6, 6.07) is 17.4. The summed E-state index contributed by atoms with van der Waals surface area (Å²) in [6.45, 7) is 1.87. The molecule has 0 unspecified atom stereocenters. The molecule has 39 heavy (non-hydrogen) atoms. The van der Waals surface area contributed by atoms with Gasteiger partial charge in [0.1, 0.15) is 19.0 Å². The van der Waals surface area contributed by atoms with Gasteiger partial charge in [-0.25, -0.2) is 8.78 Å². The van der Waals surface area contributed by atoms with E-state index in [2.05, 4.69) is 5.32 Å². The summed E-state index contributed by atoms with van der Waals surface area (Å²) in [5, 5.41) is 2.27. The average molecular weight is 549 g/mol. The second-order valence-corrected chi connectivity index (χ2v) is 9.71. The Hall–Kier alpha value is -4.44. The zero-order valence-corrected chi connectivity index (χ0v) is 21.7. The molecule has 198 valence electrons. The Balaban J connectivity index is 1.35. The van der Waals surface area contributed by atoms with Gasteiger partial charge in [-0.2, -0.15) is 0 Å². The average Bonchev–Trinajstić information content (AvgIpc) is 3.28. The molecular weight excluding hydrogens is 526 g/mol. The summed E-state index contributed by atoms with van der Waals surface area (Å²) in [5.74, 6) is -1.90. The lowest BCUT2D eigenvalue weighted by Crippen LogP contribution is -2.18. The van der Waals surface area contributed by atoms with Gasteiger partial charge >= 0.3 is 0 Å². The summed E-state index contributed by atoms with van der Waals surface area (Å²) in [4.78, 5) is 37.1. The first-order chi connectivity index (χ1) is 18.7. The second-order valence-electron chi connectivity index (χ2n) is 8.73. The first-order valence-electron chi connectivity index (χ1n) is 11.9. The van der Waals surface area contributed by atoms with Crippen molar-refractivity contribution in [3.05, 3.63) is 99.1 Å². The third-order valence-corrected chi connectivity index (χ3v) is 7.29. The molecule has 5 rings (SSSR count). The number of nitrogens with one attached hydrogen (secondary N) is 1. The number of carbonyl (C=O) groups is 2. The Morgan fingerprint density at radius 2 is 1.64 bits per heavy atom. The van der Waals surface area contributed by atoms with E-state index in [1.807, 2.05) is 0 Å². The second kappa shape index (κ2) is 10.7. The van der Waals surface area contributed by atoms with Crippen LogP contribution in [0.4, 0.5) is 13.6 Å². The molecule has 2 amide bonds. The maximum Gasteiger partial charge on any atom is 0.290 e. The van der Waals surface area contributed by atoms with Gasteiger partial charge in [-0.3, -0.25) is 19.7 Å². The highest BCUT2D eigenvalue weighted by molar-refractivity contribution is 8.18. The van der Waals surface area contributed by atoms with Crippen molar-refractivity contribution in [1.82, 2.24) is 9.88 Å². The number of para-hydroxylation sites is 1. The number of hydrogen-bond donors (Lipinski definition) is 1. The van der Waals surface area contributed by atoms with E-state index in [1.54, 1.807) is 67.1 Å². The van der Waals surface area contributed by atoms with E-state index in [1.165, 1.54) is 6.07 Å². The van der Waals surface area contributed by atoms with Gasteiger partial charge in [0.15, 0.2) is 17.4 Å². The highest BCUT2D eigenvalue weighted by Crippen LogP contribution is 2.33. The number of ether oxygens (including phenoxy) is 2. The van der Waals surface area contributed by atoms with Gasteiger partial charge in [0, 0.05) is 18.0 Å². The first-order valence-corrected chi connectivity index (χ1v) is 12.7. The first kappa shape index (κ1) is 26.2. The van der Waals surface area contributed by atoms with Crippen LogP contribution in [0, 0.1) is 11.6 Å². The Morgan fingerprint density at radius 1 is 0.923 bits per heavy atom. The molecule has 1 aliphatic rings. The van der Waals surface area contributed by atoms with Gasteiger partial charge in [0.2, 0.25) is 5.43 Å². The number of nitrogens with zero attached hydrogens (tertiary/aromatic N) is 1. The molecular formula is C29H22F2N2O5S. The summed E-state index contributed by atoms with van der Waals surface area (Å²) in [5.41, 5.74) is 2.30. The van der Waals surface area contributed by atoms with E-state index in [0.717, 1.165) is 29.5 Å². The number of imide groups is 1. The van der Waals surface area contributed by atoms with Crippen LogP contribution in [-0.4, -0.2) is 28.9 Å². The minimum atomic E-state index is -1.03. The number of aryl methyl sites for hydroxylation is 1. The molecule has 0 bridgehead atoms. The topological polar surface area (TPSA) is 86.6 Å². The maximum absolute atomic E-state index is 14.1. The number of allylic oxidation sites excluding steroid dienone is 1. The third-order valence-electron chi connectivity index (χ3n) is 6.30. The van der Waals surface area contributed by atoms with Crippen molar-refractivity contribution in [1.29, 1.82) is 0 Å². The van der Waals surface area contributed by atoms with Crippen LogP contribution in [0.25, 0.3) is 27.7 Å². The number of carbonyl (C=O) groups excluding carboxylic acids is 2. The molecule has 2 heterocycles. The smallest absolute Gasteiger partial charge is 0.290 e. The van der Waals surface area contributed by atoms with Crippen molar-refractivity contribution in [2.24, 2.45) is 7.05 Å². The largest absolute Gasteiger partial charge is 0.490 e. The van der Waals surface area contributed by atoms with Gasteiger partial charge in [-0.15, -0.1) is 0 Å². The van der Waals surface area contributed by atoms with E-state index in [0.29, 0.717) is 38.4 Å². The Bertz CT molecular complexity index is 1710. The molecule has 1 aliphatic heterocycles. The maximum atomic E-state index is 14.1. The molecule has 0 atom stereocenters. The molecule has 1 saturated heterocycles. The number of hydrogen-bond acceptors (Lipinski definition) is 6. The van der Waals surface area contributed by atoms with Gasteiger partial charge in [-0.1, -0.05) is 24.3 Å². The van der Waals surface area contributed by atoms with Crippen molar-refractivity contribution in [3.8, 4) is 22.8 Å². The lowest BCUT2D eigenvalue weighted by molar-refractivity contribution is -0.115. The zero-order valence-electron chi connectivity index (χ0n) is 20.9. The van der Waals surface area contributed by atoms with Crippen molar-refractivity contribution in [3.63, 3.8) is 0 Å². The van der Waals surface area contributed by atoms with E-state index in [9.17, 15) is 23.2 Å². The molecule has 0 saturated carbocycles. The van der Waals surface area contributed by atoms with Gasteiger partial charge in [-0.05, 0) is 72.3 Å². The van der Waals surface area contributed by atoms with E-state index >= 15 is 0 Å². The highest BCUT2D eigenvalue weighted by Gasteiger charge is 2.27. The van der Waals surface area contributed by atoms with Crippen LogP contribution in [0.5, 0.6) is 11.5 Å². The highest BCUT2D eigenvalue weighted by atomic mass is 32.2. The molecule has 0 aliphatic carbocycles. The van der Waals surface area contributed by atoms with Crippen molar-refractivity contribution in [2.75, 3.05) is 13.2 Å². The van der Waals surface area contributed by atoms with Crippen LogP contribution in [0.15, 0.2) is 76.4 Å². The van der Waals surface area contributed by atoms with E-state index in [4.69, 9.17) is 9.47 Å². The molecule has 10 heteroatoms. The molecule has 7 nitrogen and oxygen atoms in total. The number of halogens is 2. The van der Waals surface area contributed by atoms with Crippen LogP contribution < -0.4 is 20.2 Å². The fraction of sp³-hybridized carbons (Fsp3) is 0.138. The van der Waals surface area contributed by atoms with Crippen LogP contribution in [0.2, 0.25) is 0 Å². The lowest BCUT2D eigenvalue weighted by atomic mass is 10.1. The predicted octanol–water partition coefficient (Wildman–Crippen LogP) is 5.66. The van der Waals surface area contributed by atoms with Crippen LogP contribution >= 0.6 is 11.8 Å². The normalized spacial score (nSPS) is 14.5. The standard InChI is InChI=1S/C29H22F2N2O5S/c1-16(27-28(35)32-29(36)39-27)17-7-10-19(11-8-17)37-13-14-38-26-24(18-9-12-21(30)22(31)15-18)33(2)23-6-4-3-5-20(23)25(26)34/h3-12,15H,13-14H2,1-2H3,(H,32,35,36)/b27-16+. The summed E-state index contributed by atoms with van der Waals surface area (Å²) < 4.78 is 41.1. The fourth-order valence-corrected chi connectivity index (χ4v) is 5.10. The zero-order chi connectivity index (χ0) is 27.7. The Kier molecular flexibility index (Phi) is 7.21. The molecule has 0 radical (unpaired) electrons.